The molecule has 0 aliphatic rings. The van der Waals surface area contributed by atoms with Crippen LogP contribution in [-0.2, 0) is 11.3 Å². The van der Waals surface area contributed by atoms with Crippen molar-refractivity contribution >= 4 is 16.8 Å². The summed E-state index contributed by atoms with van der Waals surface area (Å²) in [5.41, 5.74) is 3.70. The van der Waals surface area contributed by atoms with Gasteiger partial charge in [-0.3, -0.25) is 9.78 Å². The van der Waals surface area contributed by atoms with Gasteiger partial charge in [0.2, 0.25) is 5.91 Å². The van der Waals surface area contributed by atoms with Crippen LogP contribution in [0.4, 0.5) is 0 Å². The molecule has 2 aromatic carbocycles. The maximum Gasteiger partial charge on any atom is 0.240 e. The number of fused-ring (bicyclic) bond motifs is 1. The maximum atomic E-state index is 12.8. The van der Waals surface area contributed by atoms with Gasteiger partial charge in [0.15, 0.2) is 0 Å². The van der Waals surface area contributed by atoms with E-state index in [4.69, 9.17) is 9.47 Å². The number of aromatic nitrogens is 2. The van der Waals surface area contributed by atoms with Gasteiger partial charge in [-0.25, -0.2) is 0 Å². The van der Waals surface area contributed by atoms with Crippen LogP contribution in [0.15, 0.2) is 73.1 Å². The summed E-state index contributed by atoms with van der Waals surface area (Å²) in [4.78, 5) is 17.4. The average Bonchev–Trinajstić information content (AvgIpc) is 3.21. The number of nitrogens with one attached hydrogen (secondary N) is 1. The van der Waals surface area contributed by atoms with Crippen LogP contribution in [0.5, 0.6) is 11.5 Å². The lowest BCUT2D eigenvalue weighted by atomic mass is 10.1. The largest absolute Gasteiger partial charge is 0.497 e. The van der Waals surface area contributed by atoms with Crippen LogP contribution in [0, 0.1) is 0 Å². The summed E-state index contributed by atoms with van der Waals surface area (Å²) in [5, 5.41) is 4.10. The molecule has 4 aromatic rings. The van der Waals surface area contributed by atoms with E-state index < -0.39 is 0 Å². The highest BCUT2D eigenvalue weighted by Gasteiger charge is 2.15. The molecule has 0 saturated heterocycles. The lowest BCUT2D eigenvalue weighted by Gasteiger charge is -2.16. The minimum atomic E-state index is -0.115. The first-order valence-corrected chi connectivity index (χ1v) is 10.1. The van der Waals surface area contributed by atoms with Crippen LogP contribution >= 0.6 is 0 Å². The standard InChI is InChI=1S/C25H25N3O3/c1-17(18-7-9-21(30-2)10-8-18)27-23(29)16-28-14-12-19-11-13-26-24(25(19)28)20-5-4-6-22(15-20)31-3/h4-15,17H,16H2,1-3H3,(H,27,29). The van der Waals surface area contributed by atoms with Crippen LogP contribution in [-0.4, -0.2) is 29.7 Å². The Kier molecular flexibility index (Phi) is 5.89. The molecule has 1 amide bonds. The summed E-state index contributed by atoms with van der Waals surface area (Å²) in [5.74, 6) is 1.49. The quantitative estimate of drug-likeness (QED) is 0.479. The minimum Gasteiger partial charge on any atom is -0.497 e. The summed E-state index contributed by atoms with van der Waals surface area (Å²) in [6.07, 6.45) is 3.71. The van der Waals surface area contributed by atoms with Crippen molar-refractivity contribution in [1.82, 2.24) is 14.9 Å². The van der Waals surface area contributed by atoms with Crippen molar-refractivity contribution in [1.29, 1.82) is 0 Å². The van der Waals surface area contributed by atoms with Crippen molar-refractivity contribution < 1.29 is 14.3 Å². The van der Waals surface area contributed by atoms with Crippen molar-refractivity contribution in [3.05, 3.63) is 78.6 Å². The van der Waals surface area contributed by atoms with Crippen molar-refractivity contribution in [2.45, 2.75) is 19.5 Å². The third-order valence-electron chi connectivity index (χ3n) is 5.33. The number of carbonyl (C=O) groups excluding carboxylic acids is 1. The molecule has 6 nitrogen and oxygen atoms in total. The van der Waals surface area contributed by atoms with Gasteiger partial charge in [0.25, 0.3) is 0 Å². The van der Waals surface area contributed by atoms with Gasteiger partial charge in [-0.2, -0.15) is 0 Å². The van der Waals surface area contributed by atoms with Gasteiger partial charge in [-0.05, 0) is 48.9 Å². The molecular weight excluding hydrogens is 390 g/mol. The van der Waals surface area contributed by atoms with Crippen LogP contribution < -0.4 is 14.8 Å². The molecule has 0 fully saturated rings. The summed E-state index contributed by atoms with van der Waals surface area (Å²) in [6, 6.07) is 19.3. The molecule has 2 aromatic heterocycles. The molecule has 6 heteroatoms. The van der Waals surface area contributed by atoms with Crippen molar-refractivity contribution in [3.63, 3.8) is 0 Å². The highest BCUT2D eigenvalue weighted by Crippen LogP contribution is 2.29. The van der Waals surface area contributed by atoms with Gasteiger partial charge in [-0.15, -0.1) is 0 Å². The topological polar surface area (TPSA) is 65.4 Å². The lowest BCUT2D eigenvalue weighted by molar-refractivity contribution is -0.122. The van der Waals surface area contributed by atoms with Gasteiger partial charge in [0.05, 0.1) is 31.5 Å². The molecule has 0 radical (unpaired) electrons. The number of hydrogen-bond donors (Lipinski definition) is 1. The lowest BCUT2D eigenvalue weighted by Crippen LogP contribution is -2.29. The molecule has 1 unspecified atom stereocenters. The zero-order valence-corrected chi connectivity index (χ0v) is 17.8. The van der Waals surface area contributed by atoms with E-state index in [1.807, 2.05) is 78.4 Å². The first-order chi connectivity index (χ1) is 15.1. The molecule has 0 bridgehead atoms. The van der Waals surface area contributed by atoms with E-state index in [2.05, 4.69) is 10.3 Å². The van der Waals surface area contributed by atoms with Gasteiger partial charge in [0.1, 0.15) is 18.0 Å². The second kappa shape index (κ2) is 8.92. The van der Waals surface area contributed by atoms with Crippen LogP contribution in [0.3, 0.4) is 0 Å². The van der Waals surface area contributed by atoms with Gasteiger partial charge < -0.3 is 19.4 Å². The normalized spacial score (nSPS) is 11.8. The number of pyridine rings is 1. The average molecular weight is 415 g/mol. The number of benzene rings is 2. The highest BCUT2D eigenvalue weighted by molar-refractivity contribution is 5.93. The number of ether oxygens (including phenoxy) is 2. The number of amides is 1. The molecule has 0 aliphatic carbocycles. The van der Waals surface area contributed by atoms with Gasteiger partial charge >= 0.3 is 0 Å². The fourth-order valence-electron chi connectivity index (χ4n) is 3.68. The van der Waals surface area contributed by atoms with E-state index in [1.165, 1.54) is 0 Å². The van der Waals surface area contributed by atoms with Crippen molar-refractivity contribution in [2.75, 3.05) is 14.2 Å². The molecule has 1 atom stereocenters. The molecule has 0 spiro atoms. The summed E-state index contributed by atoms with van der Waals surface area (Å²) in [6.45, 7) is 2.17. The van der Waals surface area contributed by atoms with Crippen molar-refractivity contribution in [2.24, 2.45) is 0 Å². The second-order valence-corrected chi connectivity index (χ2v) is 7.34. The van der Waals surface area contributed by atoms with Crippen molar-refractivity contribution in [3.8, 4) is 22.8 Å². The molecule has 0 saturated carbocycles. The Hall–Kier alpha value is -3.80. The Balaban J connectivity index is 1.57. The number of nitrogens with zero attached hydrogens (tertiary/aromatic N) is 2. The smallest absolute Gasteiger partial charge is 0.240 e. The summed E-state index contributed by atoms with van der Waals surface area (Å²) < 4.78 is 12.5. The number of methoxy groups -OCH3 is 2. The molecular formula is C25H25N3O3. The van der Waals surface area contributed by atoms with Gasteiger partial charge in [0, 0.05) is 23.3 Å². The highest BCUT2D eigenvalue weighted by atomic mass is 16.5. The fourth-order valence-corrected chi connectivity index (χ4v) is 3.68. The van der Waals surface area contributed by atoms with E-state index in [9.17, 15) is 4.79 Å². The number of hydrogen-bond acceptors (Lipinski definition) is 4. The fraction of sp³-hybridized carbons (Fsp3) is 0.200. The summed E-state index contributed by atoms with van der Waals surface area (Å²) in [7, 11) is 3.28. The third-order valence-corrected chi connectivity index (χ3v) is 5.33. The van der Waals surface area contributed by atoms with E-state index >= 15 is 0 Å². The first-order valence-electron chi connectivity index (χ1n) is 10.1. The SMILES string of the molecule is COc1ccc(C(C)NC(=O)Cn2ccc3ccnc(-c4cccc(OC)c4)c32)cc1. The number of carbonyl (C=O) groups is 1. The summed E-state index contributed by atoms with van der Waals surface area (Å²) >= 11 is 0. The zero-order chi connectivity index (χ0) is 21.8. The predicted molar refractivity (Wildman–Crippen MR) is 121 cm³/mol. The molecule has 1 N–H and O–H groups in total. The van der Waals surface area contributed by atoms with E-state index in [0.29, 0.717) is 0 Å². The van der Waals surface area contributed by atoms with Gasteiger partial charge in [-0.1, -0.05) is 24.3 Å². The molecule has 0 aliphatic heterocycles. The molecule has 158 valence electrons. The monoisotopic (exact) mass is 415 g/mol. The molecule has 4 rings (SSSR count). The number of rotatable bonds is 7. The van der Waals surface area contributed by atoms with Crippen LogP contribution in [0.2, 0.25) is 0 Å². The Morgan fingerprint density at radius 3 is 2.55 bits per heavy atom. The molecule has 31 heavy (non-hydrogen) atoms. The van der Waals surface area contributed by atoms with Crippen LogP contribution in [0.1, 0.15) is 18.5 Å². The van der Waals surface area contributed by atoms with Crippen LogP contribution in [0.25, 0.3) is 22.2 Å². The Morgan fingerprint density at radius 2 is 1.81 bits per heavy atom. The zero-order valence-electron chi connectivity index (χ0n) is 17.8. The maximum absolute atomic E-state index is 12.8. The Labute approximate surface area is 181 Å². The van der Waals surface area contributed by atoms with E-state index in [0.717, 1.165) is 39.2 Å². The van der Waals surface area contributed by atoms with E-state index in [-0.39, 0.29) is 18.5 Å². The predicted octanol–water partition coefficient (Wildman–Crippen LogP) is 4.60. The second-order valence-electron chi connectivity index (χ2n) is 7.34. The molecule has 2 heterocycles. The first kappa shape index (κ1) is 20.5. The minimum absolute atomic E-state index is 0.0683. The Morgan fingerprint density at radius 1 is 1.03 bits per heavy atom. The third kappa shape index (κ3) is 4.38. The van der Waals surface area contributed by atoms with E-state index in [1.54, 1.807) is 20.4 Å². The Bertz CT molecular complexity index is 1200.